The lowest BCUT2D eigenvalue weighted by Crippen LogP contribution is -2.39. The summed E-state index contributed by atoms with van der Waals surface area (Å²) in [6.07, 6.45) is 0.461. The number of furan rings is 1. The first-order chi connectivity index (χ1) is 7.85. The molecule has 1 rings (SSSR count). The van der Waals surface area contributed by atoms with E-state index in [4.69, 9.17) is 4.42 Å². The Balaban J connectivity index is 2.78. The highest BCUT2D eigenvalue weighted by Crippen LogP contribution is 2.12. The molecule has 0 radical (unpaired) electrons. The molecule has 1 unspecified atom stereocenters. The molecule has 96 valence electrons. The molecule has 0 saturated heterocycles. The van der Waals surface area contributed by atoms with Crippen molar-refractivity contribution in [1.82, 2.24) is 9.62 Å². The van der Waals surface area contributed by atoms with Gasteiger partial charge in [-0.05, 0) is 33.2 Å². The lowest BCUT2D eigenvalue weighted by molar-refractivity contribution is 0.109. The summed E-state index contributed by atoms with van der Waals surface area (Å²) in [6.45, 7) is 2.32. The van der Waals surface area contributed by atoms with Gasteiger partial charge in [-0.15, -0.1) is 0 Å². The van der Waals surface area contributed by atoms with Crippen molar-refractivity contribution >= 4 is 16.3 Å². The van der Waals surface area contributed by atoms with E-state index >= 15 is 0 Å². The fourth-order valence-corrected chi connectivity index (χ4v) is 2.62. The molecule has 17 heavy (non-hydrogen) atoms. The van der Waals surface area contributed by atoms with Gasteiger partial charge in [-0.1, -0.05) is 0 Å². The van der Waals surface area contributed by atoms with Crippen molar-refractivity contribution in [2.45, 2.75) is 18.1 Å². The van der Waals surface area contributed by atoms with Crippen LogP contribution in [0.15, 0.2) is 21.6 Å². The summed E-state index contributed by atoms with van der Waals surface area (Å²) in [7, 11) is 0.00216. The minimum atomic E-state index is -3.70. The van der Waals surface area contributed by atoms with Crippen LogP contribution in [0.1, 0.15) is 17.5 Å². The molecule has 0 spiro atoms. The molecule has 1 aromatic heterocycles. The van der Waals surface area contributed by atoms with Crippen LogP contribution in [0.4, 0.5) is 0 Å². The third-order valence-corrected chi connectivity index (χ3v) is 3.44. The molecular weight excluding hydrogens is 244 g/mol. The maximum atomic E-state index is 11.8. The first-order valence-corrected chi connectivity index (χ1v) is 6.55. The zero-order valence-electron chi connectivity index (χ0n) is 10.0. The normalized spacial score (nSPS) is 13.9. The van der Waals surface area contributed by atoms with Gasteiger partial charge in [0.15, 0.2) is 12.0 Å². The fraction of sp³-hybridized carbons (Fsp3) is 0.500. The maximum Gasteiger partial charge on any atom is 0.274 e. The van der Waals surface area contributed by atoms with Crippen LogP contribution in [-0.4, -0.2) is 46.3 Å². The van der Waals surface area contributed by atoms with Gasteiger partial charge in [0.25, 0.3) is 10.0 Å². The quantitative estimate of drug-likeness (QED) is 0.745. The van der Waals surface area contributed by atoms with Gasteiger partial charge in [-0.25, -0.2) is 13.1 Å². The van der Waals surface area contributed by atoms with E-state index in [2.05, 4.69) is 4.72 Å². The summed E-state index contributed by atoms with van der Waals surface area (Å²) >= 11 is 0. The number of nitrogens with zero attached hydrogens (tertiary/aromatic N) is 1. The van der Waals surface area contributed by atoms with Crippen molar-refractivity contribution in [2.75, 3.05) is 20.6 Å². The highest BCUT2D eigenvalue weighted by Gasteiger charge is 2.21. The summed E-state index contributed by atoms with van der Waals surface area (Å²) in [4.78, 5) is 12.3. The SMILES string of the molecule is CC(CN(C)C)NS(=O)(=O)c1ccc(C=O)o1. The summed E-state index contributed by atoms with van der Waals surface area (Å²) in [5, 5.41) is -0.245. The first-order valence-electron chi connectivity index (χ1n) is 5.07. The second-order valence-corrected chi connectivity index (χ2v) is 5.70. The fourth-order valence-electron chi connectivity index (χ4n) is 1.45. The van der Waals surface area contributed by atoms with Crippen LogP contribution in [0.2, 0.25) is 0 Å². The highest BCUT2D eigenvalue weighted by molar-refractivity contribution is 7.89. The Bertz CT molecular complexity index is 478. The second kappa shape index (κ2) is 5.44. The molecule has 6 nitrogen and oxygen atoms in total. The van der Waals surface area contributed by atoms with E-state index in [1.54, 1.807) is 6.92 Å². The number of nitrogens with one attached hydrogen (secondary N) is 1. The maximum absolute atomic E-state index is 11.8. The average molecular weight is 260 g/mol. The molecule has 0 aliphatic heterocycles. The number of hydrogen-bond acceptors (Lipinski definition) is 5. The molecule has 0 aromatic carbocycles. The molecule has 1 heterocycles. The molecule has 0 bridgehead atoms. The molecule has 1 aromatic rings. The molecule has 0 saturated carbocycles. The van der Waals surface area contributed by atoms with Crippen LogP contribution >= 0.6 is 0 Å². The van der Waals surface area contributed by atoms with Crippen molar-refractivity contribution < 1.29 is 17.6 Å². The molecule has 1 atom stereocenters. The highest BCUT2D eigenvalue weighted by atomic mass is 32.2. The van der Waals surface area contributed by atoms with Crippen molar-refractivity contribution in [3.8, 4) is 0 Å². The zero-order valence-corrected chi connectivity index (χ0v) is 10.8. The monoisotopic (exact) mass is 260 g/mol. The topological polar surface area (TPSA) is 79.6 Å². The molecule has 0 aliphatic rings. The molecule has 0 amide bonds. The average Bonchev–Trinajstić information content (AvgIpc) is 2.63. The van der Waals surface area contributed by atoms with Crippen LogP contribution in [0, 0.1) is 0 Å². The number of hydrogen-bond donors (Lipinski definition) is 1. The van der Waals surface area contributed by atoms with Gasteiger partial charge in [0.2, 0.25) is 5.09 Å². The van der Waals surface area contributed by atoms with Crippen LogP contribution in [0.3, 0.4) is 0 Å². The summed E-state index contributed by atoms with van der Waals surface area (Å²) in [5.74, 6) is -0.00867. The summed E-state index contributed by atoms with van der Waals surface area (Å²) in [6, 6.07) is 2.33. The van der Waals surface area contributed by atoms with Crippen molar-refractivity contribution in [3.63, 3.8) is 0 Å². The van der Waals surface area contributed by atoms with E-state index in [0.717, 1.165) is 0 Å². The van der Waals surface area contributed by atoms with Gasteiger partial charge >= 0.3 is 0 Å². The summed E-state index contributed by atoms with van der Waals surface area (Å²) < 4.78 is 31.0. The Morgan fingerprint density at radius 1 is 1.47 bits per heavy atom. The Kier molecular flexibility index (Phi) is 4.44. The summed E-state index contributed by atoms with van der Waals surface area (Å²) in [5.41, 5.74) is 0. The number of carbonyl (C=O) groups excluding carboxylic acids is 1. The number of carbonyl (C=O) groups is 1. The van der Waals surface area contributed by atoms with Gasteiger partial charge in [-0.3, -0.25) is 4.79 Å². The largest absolute Gasteiger partial charge is 0.440 e. The Morgan fingerprint density at radius 3 is 2.59 bits per heavy atom. The van der Waals surface area contributed by atoms with Gasteiger partial charge in [0.1, 0.15) is 0 Å². The number of likely N-dealkylation sites (N-methyl/N-ethyl adjacent to an activating group) is 1. The lowest BCUT2D eigenvalue weighted by atomic mass is 10.3. The van der Waals surface area contributed by atoms with Crippen LogP contribution < -0.4 is 4.72 Å². The number of sulfonamides is 1. The standard InChI is InChI=1S/C10H16N2O4S/c1-8(6-12(2)3)11-17(14,15)10-5-4-9(7-13)16-10/h4-5,7-8,11H,6H2,1-3H3. The van der Waals surface area contributed by atoms with Gasteiger partial charge < -0.3 is 9.32 Å². The van der Waals surface area contributed by atoms with E-state index in [0.29, 0.717) is 12.8 Å². The molecular formula is C10H16N2O4S. The van der Waals surface area contributed by atoms with Gasteiger partial charge in [0.05, 0.1) is 0 Å². The van der Waals surface area contributed by atoms with Gasteiger partial charge in [-0.2, -0.15) is 0 Å². The first kappa shape index (κ1) is 13.9. The van der Waals surface area contributed by atoms with Crippen molar-refractivity contribution in [2.24, 2.45) is 0 Å². The number of aldehydes is 1. The Labute approximate surface area is 101 Å². The van der Waals surface area contributed by atoms with E-state index in [9.17, 15) is 13.2 Å². The van der Waals surface area contributed by atoms with E-state index in [1.165, 1.54) is 12.1 Å². The van der Waals surface area contributed by atoms with Crippen molar-refractivity contribution in [3.05, 3.63) is 17.9 Å². The minimum Gasteiger partial charge on any atom is -0.440 e. The Hall–Kier alpha value is -1.18. The molecule has 0 aliphatic carbocycles. The zero-order chi connectivity index (χ0) is 13.1. The molecule has 1 N–H and O–H groups in total. The predicted molar refractivity (Wildman–Crippen MR) is 62.4 cm³/mol. The van der Waals surface area contributed by atoms with E-state index in [1.807, 2.05) is 19.0 Å². The lowest BCUT2D eigenvalue weighted by Gasteiger charge is -2.17. The minimum absolute atomic E-state index is 0.00867. The van der Waals surface area contributed by atoms with Crippen molar-refractivity contribution in [1.29, 1.82) is 0 Å². The van der Waals surface area contributed by atoms with Crippen LogP contribution in [0.25, 0.3) is 0 Å². The van der Waals surface area contributed by atoms with Crippen LogP contribution in [0.5, 0.6) is 0 Å². The third kappa shape index (κ3) is 3.95. The number of rotatable bonds is 6. The van der Waals surface area contributed by atoms with Crippen LogP contribution in [-0.2, 0) is 10.0 Å². The third-order valence-electron chi connectivity index (χ3n) is 1.98. The predicted octanol–water partition coefficient (Wildman–Crippen LogP) is 0.320. The van der Waals surface area contributed by atoms with E-state index in [-0.39, 0.29) is 16.9 Å². The molecule has 7 heteroatoms. The van der Waals surface area contributed by atoms with E-state index < -0.39 is 10.0 Å². The van der Waals surface area contributed by atoms with Gasteiger partial charge in [0, 0.05) is 12.6 Å². The molecule has 0 fully saturated rings. The second-order valence-electron chi connectivity index (χ2n) is 4.06. The smallest absolute Gasteiger partial charge is 0.274 e. The Morgan fingerprint density at radius 2 is 2.12 bits per heavy atom.